The fourth-order valence-corrected chi connectivity index (χ4v) is 5.29. The van der Waals surface area contributed by atoms with E-state index in [0.717, 1.165) is 25.7 Å². The molecule has 0 saturated heterocycles. The zero-order valence-corrected chi connectivity index (χ0v) is 25.8. The number of carbonyl (C=O) groups excluding carboxylic acids is 2. The molecule has 226 valence electrons. The first-order chi connectivity index (χ1) is 18.7. The van der Waals surface area contributed by atoms with Gasteiger partial charge in [0.15, 0.2) is 5.78 Å². The lowest BCUT2D eigenvalue weighted by Gasteiger charge is -2.15. The van der Waals surface area contributed by atoms with Crippen LogP contribution >= 0.6 is 0 Å². The third-order valence-electron chi connectivity index (χ3n) is 7.94. The minimum atomic E-state index is -0.721. The molecular weight excluding hydrogens is 470 g/mol. The number of carbonyl (C=O) groups is 2. The average molecular weight is 538 g/mol. The van der Waals surface area contributed by atoms with Crippen LogP contribution in [0.5, 0.6) is 0 Å². The molecule has 1 amide bonds. The Balaban J connectivity index is 3.56. The van der Waals surface area contributed by atoms with Crippen LogP contribution in [0.2, 0.25) is 0 Å². The molecule has 0 radical (unpaired) electrons. The topological polar surface area (TPSA) is 66.4 Å². The molecule has 2 N–H and O–H groups in total. The lowest BCUT2D eigenvalue weighted by Crippen LogP contribution is -2.43. The minimum Gasteiger partial charge on any atom is -0.394 e. The highest BCUT2D eigenvalue weighted by atomic mass is 16.3. The van der Waals surface area contributed by atoms with Gasteiger partial charge in [-0.2, -0.15) is 0 Å². The number of ketones is 1. The third-order valence-corrected chi connectivity index (χ3v) is 7.94. The zero-order chi connectivity index (χ0) is 27.9. The van der Waals surface area contributed by atoms with Gasteiger partial charge < -0.3 is 10.4 Å². The fraction of sp³-hybridized carbons (Fsp3) is 0.941. The Hall–Kier alpha value is -0.900. The monoisotopic (exact) mass is 538 g/mol. The summed E-state index contributed by atoms with van der Waals surface area (Å²) in [5.41, 5.74) is 0. The Morgan fingerprint density at radius 1 is 0.474 bits per heavy atom. The largest absolute Gasteiger partial charge is 0.394 e. The summed E-state index contributed by atoms with van der Waals surface area (Å²) in [4.78, 5) is 24.7. The molecule has 0 aliphatic carbocycles. The van der Waals surface area contributed by atoms with Crippen LogP contribution in [0, 0.1) is 0 Å². The van der Waals surface area contributed by atoms with Crippen molar-refractivity contribution in [1.29, 1.82) is 0 Å². The van der Waals surface area contributed by atoms with Crippen molar-refractivity contribution in [3.63, 3.8) is 0 Å². The summed E-state index contributed by atoms with van der Waals surface area (Å²) in [6.45, 7) is 4.24. The van der Waals surface area contributed by atoms with Gasteiger partial charge in [0.05, 0.1) is 6.61 Å². The van der Waals surface area contributed by atoms with Crippen molar-refractivity contribution in [1.82, 2.24) is 5.32 Å². The van der Waals surface area contributed by atoms with Crippen LogP contribution in [0.25, 0.3) is 0 Å². The molecule has 4 nitrogen and oxygen atoms in total. The first-order valence-electron chi connectivity index (χ1n) is 17.1. The third kappa shape index (κ3) is 26.7. The van der Waals surface area contributed by atoms with E-state index < -0.39 is 6.04 Å². The van der Waals surface area contributed by atoms with Gasteiger partial charge in [-0.15, -0.1) is 0 Å². The van der Waals surface area contributed by atoms with Gasteiger partial charge in [-0.25, -0.2) is 0 Å². The summed E-state index contributed by atoms with van der Waals surface area (Å²) in [6.07, 6.45) is 34.2. The molecule has 0 heterocycles. The van der Waals surface area contributed by atoms with Crippen LogP contribution in [0.15, 0.2) is 0 Å². The van der Waals surface area contributed by atoms with Crippen molar-refractivity contribution < 1.29 is 14.7 Å². The number of nitrogens with one attached hydrogen (secondary N) is 1. The standard InChI is InChI=1S/C34H67NO3/c1-3-5-7-9-11-13-15-17-19-21-23-25-27-29-33(37)32(31-36)35-34(38)30-28-26-24-22-20-18-16-14-12-10-8-6-4-2/h32,36H,3-31H2,1-2H3,(H,35,38). The molecule has 0 aromatic carbocycles. The highest BCUT2D eigenvalue weighted by Gasteiger charge is 2.18. The number of hydrogen-bond acceptors (Lipinski definition) is 3. The second-order valence-electron chi connectivity index (χ2n) is 11.8. The summed E-state index contributed by atoms with van der Waals surface area (Å²) in [5, 5.41) is 12.4. The van der Waals surface area contributed by atoms with Gasteiger partial charge in [-0.3, -0.25) is 9.59 Å². The van der Waals surface area contributed by atoms with Crippen molar-refractivity contribution in [2.75, 3.05) is 6.61 Å². The number of amides is 1. The van der Waals surface area contributed by atoms with E-state index in [1.54, 1.807) is 0 Å². The molecular formula is C34H67NO3. The van der Waals surface area contributed by atoms with E-state index in [9.17, 15) is 14.7 Å². The van der Waals surface area contributed by atoms with Crippen LogP contribution in [-0.2, 0) is 9.59 Å². The van der Waals surface area contributed by atoms with E-state index in [1.807, 2.05) is 0 Å². The number of aliphatic hydroxyl groups is 1. The SMILES string of the molecule is CCCCCCCCCCCCCCCC(=O)NC(CO)C(=O)CCCCCCCCCCCCCCC. The normalized spacial score (nSPS) is 12.1. The van der Waals surface area contributed by atoms with Crippen molar-refractivity contribution in [3.05, 3.63) is 0 Å². The first kappa shape index (κ1) is 37.1. The second-order valence-corrected chi connectivity index (χ2v) is 11.8. The van der Waals surface area contributed by atoms with E-state index in [4.69, 9.17) is 0 Å². The predicted octanol–water partition coefficient (Wildman–Crippen LogP) is 10.00. The maximum Gasteiger partial charge on any atom is 0.220 e. The summed E-state index contributed by atoms with van der Waals surface area (Å²) < 4.78 is 0. The average Bonchev–Trinajstić information content (AvgIpc) is 2.92. The van der Waals surface area contributed by atoms with Crippen LogP contribution < -0.4 is 5.32 Å². The van der Waals surface area contributed by atoms with E-state index in [1.165, 1.54) is 141 Å². The van der Waals surface area contributed by atoms with Crippen molar-refractivity contribution in [2.24, 2.45) is 0 Å². The molecule has 0 fully saturated rings. The Morgan fingerprint density at radius 2 is 0.763 bits per heavy atom. The van der Waals surface area contributed by atoms with E-state index in [-0.39, 0.29) is 18.3 Å². The molecule has 4 heteroatoms. The van der Waals surface area contributed by atoms with Gasteiger partial charge in [0.1, 0.15) is 6.04 Å². The molecule has 0 saturated carbocycles. The van der Waals surface area contributed by atoms with Crippen molar-refractivity contribution in [3.8, 4) is 0 Å². The van der Waals surface area contributed by atoms with Crippen LogP contribution in [0.4, 0.5) is 0 Å². The molecule has 1 atom stereocenters. The highest BCUT2D eigenvalue weighted by molar-refractivity contribution is 5.89. The number of aliphatic hydroxyl groups excluding tert-OH is 1. The smallest absolute Gasteiger partial charge is 0.220 e. The highest BCUT2D eigenvalue weighted by Crippen LogP contribution is 2.14. The minimum absolute atomic E-state index is 0.0192. The molecule has 0 aliphatic rings. The Morgan fingerprint density at radius 3 is 1.08 bits per heavy atom. The van der Waals surface area contributed by atoms with Gasteiger partial charge in [-0.05, 0) is 12.8 Å². The number of rotatable bonds is 31. The second kappa shape index (κ2) is 30.6. The molecule has 0 aliphatic heterocycles. The number of unbranched alkanes of at least 4 members (excludes halogenated alkanes) is 24. The molecule has 0 bridgehead atoms. The first-order valence-corrected chi connectivity index (χ1v) is 17.1. The Bertz CT molecular complexity index is 508. The maximum absolute atomic E-state index is 12.4. The van der Waals surface area contributed by atoms with Gasteiger partial charge in [0.25, 0.3) is 0 Å². The predicted molar refractivity (Wildman–Crippen MR) is 165 cm³/mol. The van der Waals surface area contributed by atoms with E-state index in [2.05, 4.69) is 19.2 Å². The number of hydrogen-bond donors (Lipinski definition) is 2. The zero-order valence-electron chi connectivity index (χ0n) is 25.8. The molecule has 1 unspecified atom stereocenters. The van der Waals surface area contributed by atoms with Gasteiger partial charge >= 0.3 is 0 Å². The molecule has 38 heavy (non-hydrogen) atoms. The van der Waals surface area contributed by atoms with Crippen LogP contribution in [0.1, 0.15) is 194 Å². The Labute approximate surface area is 237 Å². The van der Waals surface area contributed by atoms with Crippen molar-refractivity contribution in [2.45, 2.75) is 200 Å². The van der Waals surface area contributed by atoms with Crippen molar-refractivity contribution >= 4 is 11.7 Å². The molecule has 0 spiro atoms. The fourth-order valence-electron chi connectivity index (χ4n) is 5.29. The van der Waals surface area contributed by atoms with Gasteiger partial charge in [0.2, 0.25) is 5.91 Å². The van der Waals surface area contributed by atoms with Gasteiger partial charge in [-0.1, -0.05) is 168 Å². The molecule has 0 rings (SSSR count). The molecule has 0 aromatic heterocycles. The molecule has 0 aromatic rings. The lowest BCUT2D eigenvalue weighted by molar-refractivity contribution is -0.128. The summed E-state index contributed by atoms with van der Waals surface area (Å²) in [5.74, 6) is -0.111. The summed E-state index contributed by atoms with van der Waals surface area (Å²) >= 11 is 0. The Kier molecular flexibility index (Phi) is 29.9. The summed E-state index contributed by atoms with van der Waals surface area (Å²) in [6, 6.07) is -0.721. The summed E-state index contributed by atoms with van der Waals surface area (Å²) in [7, 11) is 0. The van der Waals surface area contributed by atoms with E-state index >= 15 is 0 Å². The maximum atomic E-state index is 12.4. The van der Waals surface area contributed by atoms with E-state index in [0.29, 0.717) is 12.8 Å². The van der Waals surface area contributed by atoms with Gasteiger partial charge in [0, 0.05) is 12.8 Å². The quantitative estimate of drug-likeness (QED) is 0.0864. The lowest BCUT2D eigenvalue weighted by atomic mass is 10.0. The van der Waals surface area contributed by atoms with Crippen LogP contribution in [-0.4, -0.2) is 29.4 Å². The number of Topliss-reactive ketones (excluding diaryl/α,β-unsaturated/α-hetero) is 1. The van der Waals surface area contributed by atoms with Crippen LogP contribution in [0.3, 0.4) is 0 Å².